The fourth-order valence-corrected chi connectivity index (χ4v) is 3.15. The number of benzene rings is 2. The highest BCUT2D eigenvalue weighted by Gasteiger charge is 2.12. The first kappa shape index (κ1) is 17.4. The number of carbonyl (C=O) groups is 1. The minimum absolute atomic E-state index is 0.111. The predicted molar refractivity (Wildman–Crippen MR) is 101 cm³/mol. The molecule has 130 valence electrons. The van der Waals surface area contributed by atoms with Crippen molar-refractivity contribution >= 4 is 28.7 Å². The summed E-state index contributed by atoms with van der Waals surface area (Å²) in [5.74, 6) is 0.491. The summed E-state index contributed by atoms with van der Waals surface area (Å²) in [5.41, 5.74) is 2.67. The number of carbonyl (C=O) groups excluding carboxylic acids is 1. The number of imidazole rings is 1. The number of ether oxygens (including phenoxy) is 1. The number of para-hydroxylation sites is 2. The number of rotatable bonds is 7. The molecule has 0 atom stereocenters. The van der Waals surface area contributed by atoms with Gasteiger partial charge in [0.1, 0.15) is 5.75 Å². The predicted octanol–water partition coefficient (Wildman–Crippen LogP) is 3.59. The van der Waals surface area contributed by atoms with Crippen LogP contribution in [0.3, 0.4) is 0 Å². The van der Waals surface area contributed by atoms with Crippen molar-refractivity contribution < 1.29 is 9.53 Å². The number of amides is 1. The van der Waals surface area contributed by atoms with Crippen molar-refractivity contribution in [2.45, 2.75) is 17.9 Å². The van der Waals surface area contributed by atoms with E-state index >= 15 is 0 Å². The molecule has 0 aliphatic rings. The normalized spacial score (nSPS) is 10.8. The van der Waals surface area contributed by atoms with Crippen molar-refractivity contribution in [3.8, 4) is 5.75 Å². The maximum atomic E-state index is 12.4. The van der Waals surface area contributed by atoms with E-state index < -0.39 is 0 Å². The Labute approximate surface area is 151 Å². The highest BCUT2D eigenvalue weighted by molar-refractivity contribution is 7.98. The number of hydrogen-bond acceptors (Lipinski definition) is 4. The van der Waals surface area contributed by atoms with Crippen LogP contribution in [0.25, 0.3) is 11.0 Å². The first-order valence-corrected chi connectivity index (χ1v) is 9.35. The minimum atomic E-state index is -0.111. The van der Waals surface area contributed by atoms with Crippen molar-refractivity contribution in [2.24, 2.45) is 0 Å². The quantitative estimate of drug-likeness (QED) is 0.520. The van der Waals surface area contributed by atoms with Gasteiger partial charge >= 0.3 is 0 Å². The Morgan fingerprint density at radius 3 is 2.92 bits per heavy atom. The Hall–Kier alpha value is -2.47. The van der Waals surface area contributed by atoms with Crippen molar-refractivity contribution in [1.82, 2.24) is 14.9 Å². The molecule has 2 aromatic carbocycles. The molecule has 5 nitrogen and oxygen atoms in total. The van der Waals surface area contributed by atoms with Crippen molar-refractivity contribution in [1.29, 1.82) is 0 Å². The minimum Gasteiger partial charge on any atom is -0.496 e. The molecule has 0 radical (unpaired) electrons. The number of aryl methyl sites for hydroxylation is 1. The first-order valence-electron chi connectivity index (χ1n) is 8.13. The number of nitrogens with one attached hydrogen (secondary N) is 1. The van der Waals surface area contributed by atoms with Crippen LogP contribution >= 0.6 is 11.8 Å². The van der Waals surface area contributed by atoms with Crippen LogP contribution in [-0.4, -0.2) is 35.4 Å². The Kier molecular flexibility index (Phi) is 5.60. The van der Waals surface area contributed by atoms with E-state index in [1.807, 2.05) is 49.0 Å². The molecular formula is C19H21N3O2S. The standard InChI is InChI=1S/C19H21N3O2S/c1-24-18-12-14(25-2)8-9-15(18)19(23)20-10-5-11-22-13-21-16-6-3-4-7-17(16)22/h3-4,6-9,12-13H,5,10-11H2,1-2H3,(H,20,23). The number of aromatic nitrogens is 2. The van der Waals surface area contributed by atoms with E-state index in [1.54, 1.807) is 18.9 Å². The molecule has 0 saturated carbocycles. The summed E-state index contributed by atoms with van der Waals surface area (Å²) in [6.45, 7) is 1.40. The van der Waals surface area contributed by atoms with Crippen LogP contribution in [0.1, 0.15) is 16.8 Å². The van der Waals surface area contributed by atoms with Crippen molar-refractivity contribution in [3.05, 3.63) is 54.4 Å². The Balaban J connectivity index is 1.56. The van der Waals surface area contributed by atoms with E-state index in [0.29, 0.717) is 17.9 Å². The molecule has 0 fully saturated rings. The molecule has 3 rings (SSSR count). The zero-order chi connectivity index (χ0) is 17.6. The smallest absolute Gasteiger partial charge is 0.255 e. The summed E-state index contributed by atoms with van der Waals surface area (Å²) in [6.07, 6.45) is 4.67. The molecule has 1 N–H and O–H groups in total. The van der Waals surface area contributed by atoms with E-state index in [1.165, 1.54) is 0 Å². The van der Waals surface area contributed by atoms with Gasteiger partial charge in [0.15, 0.2) is 0 Å². The number of fused-ring (bicyclic) bond motifs is 1. The van der Waals surface area contributed by atoms with E-state index in [0.717, 1.165) is 28.9 Å². The molecule has 0 aliphatic carbocycles. The fraction of sp³-hybridized carbons (Fsp3) is 0.263. The second kappa shape index (κ2) is 8.07. The lowest BCUT2D eigenvalue weighted by molar-refractivity contribution is 0.0949. The molecule has 3 aromatic rings. The molecule has 0 bridgehead atoms. The summed E-state index contributed by atoms with van der Waals surface area (Å²) in [5, 5.41) is 2.96. The zero-order valence-corrected chi connectivity index (χ0v) is 15.2. The molecule has 1 amide bonds. The summed E-state index contributed by atoms with van der Waals surface area (Å²) < 4.78 is 7.44. The molecule has 0 aliphatic heterocycles. The van der Waals surface area contributed by atoms with Gasteiger partial charge in [-0.05, 0) is 43.0 Å². The molecule has 0 saturated heterocycles. The number of nitrogens with zero attached hydrogens (tertiary/aromatic N) is 2. The second-order valence-electron chi connectivity index (χ2n) is 5.60. The second-order valence-corrected chi connectivity index (χ2v) is 6.48. The Bertz CT molecular complexity index is 876. The van der Waals surface area contributed by atoms with E-state index in [-0.39, 0.29) is 5.91 Å². The average molecular weight is 355 g/mol. The zero-order valence-electron chi connectivity index (χ0n) is 14.4. The summed E-state index contributed by atoms with van der Waals surface area (Å²) in [4.78, 5) is 17.8. The lowest BCUT2D eigenvalue weighted by Crippen LogP contribution is -2.25. The summed E-state index contributed by atoms with van der Waals surface area (Å²) >= 11 is 1.62. The molecule has 1 aromatic heterocycles. The van der Waals surface area contributed by atoms with Gasteiger partial charge in [0.25, 0.3) is 5.91 Å². The van der Waals surface area contributed by atoms with Crippen LogP contribution < -0.4 is 10.1 Å². The molecule has 0 spiro atoms. The molecular weight excluding hydrogens is 334 g/mol. The van der Waals surface area contributed by atoms with Gasteiger partial charge in [-0.3, -0.25) is 4.79 Å². The highest BCUT2D eigenvalue weighted by atomic mass is 32.2. The van der Waals surface area contributed by atoms with E-state index in [9.17, 15) is 4.79 Å². The summed E-state index contributed by atoms with van der Waals surface area (Å²) in [6, 6.07) is 13.7. The maximum absolute atomic E-state index is 12.4. The van der Waals surface area contributed by atoms with Crippen molar-refractivity contribution in [2.75, 3.05) is 19.9 Å². The third-order valence-corrected chi connectivity index (χ3v) is 4.77. The lowest BCUT2D eigenvalue weighted by atomic mass is 10.2. The lowest BCUT2D eigenvalue weighted by Gasteiger charge is -2.11. The van der Waals surface area contributed by atoms with Gasteiger partial charge in [0.2, 0.25) is 0 Å². The van der Waals surface area contributed by atoms with Gasteiger partial charge in [0, 0.05) is 18.0 Å². The molecule has 6 heteroatoms. The summed E-state index contributed by atoms with van der Waals surface area (Å²) in [7, 11) is 1.58. The van der Waals surface area contributed by atoms with Crippen LogP contribution in [-0.2, 0) is 6.54 Å². The average Bonchev–Trinajstić information content (AvgIpc) is 3.07. The van der Waals surface area contributed by atoms with Gasteiger partial charge in [-0.1, -0.05) is 12.1 Å². The first-order chi connectivity index (χ1) is 12.2. The van der Waals surface area contributed by atoms with Gasteiger partial charge in [0.05, 0.1) is 30.0 Å². The number of thioether (sulfide) groups is 1. The van der Waals surface area contributed by atoms with Gasteiger partial charge in [-0.25, -0.2) is 4.98 Å². The van der Waals surface area contributed by atoms with Crippen LogP contribution in [0, 0.1) is 0 Å². The van der Waals surface area contributed by atoms with Gasteiger partial charge < -0.3 is 14.6 Å². The Morgan fingerprint density at radius 1 is 1.28 bits per heavy atom. The number of hydrogen-bond donors (Lipinski definition) is 1. The van der Waals surface area contributed by atoms with E-state index in [2.05, 4.69) is 20.9 Å². The molecule has 1 heterocycles. The van der Waals surface area contributed by atoms with Crippen molar-refractivity contribution in [3.63, 3.8) is 0 Å². The van der Waals surface area contributed by atoms with Crippen LogP contribution in [0.5, 0.6) is 5.75 Å². The van der Waals surface area contributed by atoms with Crippen LogP contribution in [0.4, 0.5) is 0 Å². The monoisotopic (exact) mass is 355 g/mol. The van der Waals surface area contributed by atoms with Gasteiger partial charge in [-0.2, -0.15) is 0 Å². The third kappa shape index (κ3) is 3.96. The maximum Gasteiger partial charge on any atom is 0.255 e. The van der Waals surface area contributed by atoms with Crippen LogP contribution in [0.2, 0.25) is 0 Å². The largest absolute Gasteiger partial charge is 0.496 e. The fourth-order valence-electron chi connectivity index (χ4n) is 2.72. The third-order valence-electron chi connectivity index (χ3n) is 4.04. The van der Waals surface area contributed by atoms with Crippen LogP contribution in [0.15, 0.2) is 53.7 Å². The topological polar surface area (TPSA) is 56.1 Å². The molecule has 25 heavy (non-hydrogen) atoms. The van der Waals surface area contributed by atoms with E-state index in [4.69, 9.17) is 4.74 Å². The highest BCUT2D eigenvalue weighted by Crippen LogP contribution is 2.25. The Morgan fingerprint density at radius 2 is 2.12 bits per heavy atom. The molecule has 0 unspecified atom stereocenters. The van der Waals surface area contributed by atoms with Gasteiger partial charge in [-0.15, -0.1) is 11.8 Å². The SMILES string of the molecule is COc1cc(SC)ccc1C(=O)NCCCn1cnc2ccccc21. The number of methoxy groups -OCH3 is 1.